The van der Waals surface area contributed by atoms with Gasteiger partial charge in [-0.1, -0.05) is 0 Å². The zero-order chi connectivity index (χ0) is 13.0. The summed E-state index contributed by atoms with van der Waals surface area (Å²) in [5.41, 5.74) is 0.682. The number of imidazole rings is 1. The van der Waals surface area contributed by atoms with Gasteiger partial charge in [-0.2, -0.15) is 0 Å². The normalized spacial score (nSPS) is 20.6. The number of aliphatic carboxylic acids is 1. The fraction of sp³-hybridized carbons (Fsp3) is 0.545. The summed E-state index contributed by atoms with van der Waals surface area (Å²) >= 11 is 0. The summed E-state index contributed by atoms with van der Waals surface area (Å²) < 4.78 is 0. The average Bonchev–Trinajstić information content (AvgIpc) is 3.00. The number of aromatic nitrogens is 2. The van der Waals surface area contributed by atoms with Crippen LogP contribution in [0, 0.1) is 0 Å². The van der Waals surface area contributed by atoms with Gasteiger partial charge < -0.3 is 20.7 Å². The Hall–Kier alpha value is -1.89. The van der Waals surface area contributed by atoms with Crippen molar-refractivity contribution in [3.05, 3.63) is 18.2 Å². The Morgan fingerprint density at radius 1 is 1.61 bits per heavy atom. The lowest BCUT2D eigenvalue weighted by atomic mass is 10.1. The Morgan fingerprint density at radius 3 is 3.00 bits per heavy atom. The van der Waals surface area contributed by atoms with Gasteiger partial charge in [0.2, 0.25) is 5.91 Å². The summed E-state index contributed by atoms with van der Waals surface area (Å²) in [7, 11) is 0. The molecule has 1 amide bonds. The first-order valence-electron chi connectivity index (χ1n) is 5.90. The second-order valence-electron chi connectivity index (χ2n) is 4.33. The van der Waals surface area contributed by atoms with E-state index in [0.29, 0.717) is 5.69 Å². The van der Waals surface area contributed by atoms with Crippen molar-refractivity contribution >= 4 is 11.9 Å². The SMILES string of the molecule is O=C(O)C(Cc1cnc[nH]1)NC(=O)C1CCCN1. The molecule has 1 aromatic rings. The van der Waals surface area contributed by atoms with Crippen LogP contribution < -0.4 is 10.6 Å². The van der Waals surface area contributed by atoms with E-state index in [1.54, 1.807) is 6.20 Å². The Morgan fingerprint density at radius 2 is 2.44 bits per heavy atom. The fourth-order valence-electron chi connectivity index (χ4n) is 2.00. The van der Waals surface area contributed by atoms with Crippen molar-refractivity contribution in [3.8, 4) is 0 Å². The number of amides is 1. The predicted octanol–water partition coefficient (Wildman–Crippen LogP) is -0.726. The second kappa shape index (κ2) is 5.63. The lowest BCUT2D eigenvalue weighted by molar-refractivity contribution is -0.142. The van der Waals surface area contributed by atoms with Gasteiger partial charge in [0.1, 0.15) is 6.04 Å². The third-order valence-electron chi connectivity index (χ3n) is 2.97. The van der Waals surface area contributed by atoms with Gasteiger partial charge >= 0.3 is 5.97 Å². The molecule has 1 fully saturated rings. The minimum absolute atomic E-state index is 0.202. The van der Waals surface area contributed by atoms with Gasteiger partial charge in [-0.3, -0.25) is 4.79 Å². The molecule has 1 saturated heterocycles. The molecule has 7 nitrogen and oxygen atoms in total. The van der Waals surface area contributed by atoms with E-state index < -0.39 is 12.0 Å². The van der Waals surface area contributed by atoms with Gasteiger partial charge in [0.05, 0.1) is 12.4 Å². The molecule has 2 rings (SSSR count). The molecule has 18 heavy (non-hydrogen) atoms. The number of rotatable bonds is 5. The molecular formula is C11H16N4O3. The molecule has 0 saturated carbocycles. The van der Waals surface area contributed by atoms with E-state index in [0.717, 1.165) is 19.4 Å². The van der Waals surface area contributed by atoms with Crippen LogP contribution in [0.3, 0.4) is 0 Å². The zero-order valence-corrected chi connectivity index (χ0v) is 9.85. The van der Waals surface area contributed by atoms with E-state index in [9.17, 15) is 9.59 Å². The van der Waals surface area contributed by atoms with E-state index in [1.165, 1.54) is 6.33 Å². The van der Waals surface area contributed by atoms with Crippen molar-refractivity contribution in [2.75, 3.05) is 6.54 Å². The highest BCUT2D eigenvalue weighted by Crippen LogP contribution is 2.06. The third kappa shape index (κ3) is 3.07. The second-order valence-corrected chi connectivity index (χ2v) is 4.33. The van der Waals surface area contributed by atoms with Crippen LogP contribution in [0.25, 0.3) is 0 Å². The van der Waals surface area contributed by atoms with Crippen LogP contribution in [-0.4, -0.2) is 45.6 Å². The Kier molecular flexibility index (Phi) is 3.93. The summed E-state index contributed by atoms with van der Waals surface area (Å²) in [5.74, 6) is -1.30. The van der Waals surface area contributed by atoms with Gasteiger partial charge in [-0.25, -0.2) is 9.78 Å². The van der Waals surface area contributed by atoms with Crippen LogP contribution in [0.1, 0.15) is 18.5 Å². The molecule has 0 bridgehead atoms. The molecule has 2 atom stereocenters. The Balaban J connectivity index is 1.93. The summed E-state index contributed by atoms with van der Waals surface area (Å²) in [6.45, 7) is 0.802. The predicted molar refractivity (Wildman–Crippen MR) is 62.9 cm³/mol. The van der Waals surface area contributed by atoms with Crippen LogP contribution in [0.2, 0.25) is 0 Å². The summed E-state index contributed by atoms with van der Waals surface area (Å²) in [4.78, 5) is 29.6. The molecule has 1 aliphatic heterocycles. The number of carboxylic acid groups (broad SMARTS) is 1. The molecule has 0 aliphatic carbocycles. The molecule has 0 aromatic carbocycles. The van der Waals surface area contributed by atoms with E-state index in [4.69, 9.17) is 5.11 Å². The highest BCUT2D eigenvalue weighted by atomic mass is 16.4. The maximum atomic E-state index is 11.8. The first-order chi connectivity index (χ1) is 8.66. The number of nitrogens with zero attached hydrogens (tertiary/aromatic N) is 1. The van der Waals surface area contributed by atoms with Gasteiger partial charge in [-0.05, 0) is 19.4 Å². The number of aromatic amines is 1. The molecule has 4 N–H and O–H groups in total. The summed E-state index contributed by atoms with van der Waals surface area (Å²) in [6.07, 6.45) is 4.93. The highest BCUT2D eigenvalue weighted by Gasteiger charge is 2.27. The number of carbonyl (C=O) groups excluding carboxylic acids is 1. The summed E-state index contributed by atoms with van der Waals surface area (Å²) in [6, 6.07) is -1.20. The van der Waals surface area contributed by atoms with E-state index in [-0.39, 0.29) is 18.4 Å². The van der Waals surface area contributed by atoms with Crippen LogP contribution in [0.15, 0.2) is 12.5 Å². The average molecular weight is 252 g/mol. The fourth-order valence-corrected chi connectivity index (χ4v) is 2.00. The van der Waals surface area contributed by atoms with Crippen LogP contribution >= 0.6 is 0 Å². The van der Waals surface area contributed by atoms with E-state index >= 15 is 0 Å². The third-order valence-corrected chi connectivity index (χ3v) is 2.97. The largest absolute Gasteiger partial charge is 0.480 e. The van der Waals surface area contributed by atoms with Crippen molar-refractivity contribution < 1.29 is 14.7 Å². The molecule has 2 heterocycles. The number of hydrogen-bond donors (Lipinski definition) is 4. The maximum Gasteiger partial charge on any atom is 0.326 e. The molecular weight excluding hydrogens is 236 g/mol. The highest BCUT2D eigenvalue weighted by molar-refractivity contribution is 5.87. The Labute approximate surface area is 104 Å². The van der Waals surface area contributed by atoms with Gasteiger partial charge in [0, 0.05) is 18.3 Å². The minimum atomic E-state index is -1.05. The zero-order valence-electron chi connectivity index (χ0n) is 9.85. The minimum Gasteiger partial charge on any atom is -0.480 e. The van der Waals surface area contributed by atoms with Gasteiger partial charge in [-0.15, -0.1) is 0 Å². The lowest BCUT2D eigenvalue weighted by Gasteiger charge is -2.16. The van der Waals surface area contributed by atoms with E-state index in [1.807, 2.05) is 0 Å². The number of carbonyl (C=O) groups is 2. The van der Waals surface area contributed by atoms with Crippen molar-refractivity contribution in [3.63, 3.8) is 0 Å². The monoisotopic (exact) mass is 252 g/mol. The van der Waals surface area contributed by atoms with E-state index in [2.05, 4.69) is 20.6 Å². The van der Waals surface area contributed by atoms with Crippen molar-refractivity contribution in [2.24, 2.45) is 0 Å². The molecule has 0 spiro atoms. The first kappa shape index (κ1) is 12.6. The van der Waals surface area contributed by atoms with Crippen molar-refractivity contribution in [1.29, 1.82) is 0 Å². The van der Waals surface area contributed by atoms with Crippen LogP contribution in [0.4, 0.5) is 0 Å². The van der Waals surface area contributed by atoms with Crippen molar-refractivity contribution in [2.45, 2.75) is 31.3 Å². The smallest absolute Gasteiger partial charge is 0.326 e. The van der Waals surface area contributed by atoms with Crippen LogP contribution in [-0.2, 0) is 16.0 Å². The Bertz CT molecular complexity index is 412. The maximum absolute atomic E-state index is 11.8. The molecule has 7 heteroatoms. The van der Waals surface area contributed by atoms with Gasteiger partial charge in [0.15, 0.2) is 0 Å². The molecule has 1 aromatic heterocycles. The number of nitrogens with one attached hydrogen (secondary N) is 3. The standard InChI is InChI=1S/C11H16N4O3/c16-10(8-2-1-3-13-8)15-9(11(17)18)4-7-5-12-6-14-7/h5-6,8-9,13H,1-4H2,(H,12,14)(H,15,16)(H,17,18). The number of hydrogen-bond acceptors (Lipinski definition) is 4. The van der Waals surface area contributed by atoms with Gasteiger partial charge in [0.25, 0.3) is 0 Å². The topological polar surface area (TPSA) is 107 Å². The molecule has 1 aliphatic rings. The lowest BCUT2D eigenvalue weighted by Crippen LogP contribution is -2.49. The van der Waals surface area contributed by atoms with Crippen LogP contribution in [0.5, 0.6) is 0 Å². The number of carboxylic acids is 1. The molecule has 2 unspecified atom stereocenters. The molecule has 0 radical (unpaired) electrons. The first-order valence-corrected chi connectivity index (χ1v) is 5.90. The quantitative estimate of drug-likeness (QED) is 0.553. The summed E-state index contributed by atoms with van der Waals surface area (Å²) in [5, 5.41) is 14.7. The molecule has 98 valence electrons. The van der Waals surface area contributed by atoms with Crippen molar-refractivity contribution in [1.82, 2.24) is 20.6 Å². The number of H-pyrrole nitrogens is 1.